The van der Waals surface area contributed by atoms with Crippen molar-refractivity contribution in [1.29, 1.82) is 0 Å². The highest BCUT2D eigenvalue weighted by atomic mass is 35.5. The van der Waals surface area contributed by atoms with Crippen LogP contribution in [0.1, 0.15) is 35.7 Å². The van der Waals surface area contributed by atoms with Crippen LogP contribution in [-0.2, 0) is 20.9 Å². The molecule has 3 aromatic rings. The maximum atomic E-state index is 12.3. The van der Waals surface area contributed by atoms with Gasteiger partial charge in [-0.05, 0) is 48.7 Å². The van der Waals surface area contributed by atoms with Crippen molar-refractivity contribution in [1.82, 2.24) is 4.57 Å². The molecule has 0 saturated heterocycles. The first-order valence-corrected chi connectivity index (χ1v) is 10.1. The number of rotatable bonds is 10. The monoisotopic (exact) mass is 427 g/mol. The molecule has 7 heteroatoms. The highest BCUT2D eigenvalue weighted by molar-refractivity contribution is 6.83. The van der Waals surface area contributed by atoms with E-state index in [0.29, 0.717) is 37.3 Å². The van der Waals surface area contributed by atoms with Crippen molar-refractivity contribution in [3.05, 3.63) is 65.9 Å². The average Bonchev–Trinajstić information content (AvgIpc) is 3.09. The third-order valence-electron chi connectivity index (χ3n) is 4.57. The lowest BCUT2D eigenvalue weighted by molar-refractivity contribution is -0.143. The van der Waals surface area contributed by atoms with Crippen LogP contribution in [0, 0.1) is 0 Å². The molecule has 0 amide bonds. The zero-order valence-electron chi connectivity index (χ0n) is 16.6. The van der Waals surface area contributed by atoms with Gasteiger partial charge in [-0.25, -0.2) is 0 Å². The van der Waals surface area contributed by atoms with Gasteiger partial charge < -0.3 is 14.0 Å². The number of hydrogen-bond donors (Lipinski definition) is 0. The standard InChI is InChI=1S/C23H22ClNO5/c1-2-29-21(26)9-6-12-30-17-10-11-20-18(13-17)19(22(27)23(24)28)15-25(20)14-16-7-4-3-5-8-16/h3-5,7-8,10-11,13,15H,2,6,9,12,14H2,1H3. The number of ether oxygens (including phenoxy) is 2. The molecule has 30 heavy (non-hydrogen) atoms. The molecule has 3 rings (SSSR count). The molecule has 6 nitrogen and oxygen atoms in total. The van der Waals surface area contributed by atoms with E-state index in [-0.39, 0.29) is 18.0 Å². The molecular weight excluding hydrogens is 406 g/mol. The van der Waals surface area contributed by atoms with E-state index < -0.39 is 11.0 Å². The van der Waals surface area contributed by atoms with Crippen LogP contribution in [0.5, 0.6) is 5.75 Å². The van der Waals surface area contributed by atoms with Crippen LogP contribution >= 0.6 is 11.6 Å². The van der Waals surface area contributed by atoms with Crippen molar-refractivity contribution in [3.63, 3.8) is 0 Å². The second-order valence-electron chi connectivity index (χ2n) is 6.70. The molecule has 0 spiro atoms. The molecule has 0 aliphatic rings. The zero-order valence-corrected chi connectivity index (χ0v) is 17.4. The number of ketones is 1. The molecule has 0 atom stereocenters. The van der Waals surface area contributed by atoms with Crippen molar-refractivity contribution in [3.8, 4) is 5.75 Å². The largest absolute Gasteiger partial charge is 0.494 e. The summed E-state index contributed by atoms with van der Waals surface area (Å²) in [6, 6.07) is 15.1. The SMILES string of the molecule is CCOC(=O)CCCOc1ccc2c(c1)c(C(=O)C(=O)Cl)cn2Cc1ccccc1. The first kappa shape index (κ1) is 21.6. The van der Waals surface area contributed by atoms with E-state index in [0.717, 1.165) is 11.1 Å². The van der Waals surface area contributed by atoms with Crippen LogP contribution in [-0.4, -0.2) is 34.8 Å². The molecule has 156 valence electrons. The normalized spacial score (nSPS) is 10.7. The number of carbonyl (C=O) groups excluding carboxylic acids is 3. The Morgan fingerprint density at radius 1 is 1.07 bits per heavy atom. The average molecular weight is 428 g/mol. The van der Waals surface area contributed by atoms with Crippen LogP contribution in [0.15, 0.2) is 54.7 Å². The highest BCUT2D eigenvalue weighted by Crippen LogP contribution is 2.28. The van der Waals surface area contributed by atoms with Gasteiger partial charge in [0.1, 0.15) is 5.75 Å². The van der Waals surface area contributed by atoms with Crippen molar-refractivity contribution >= 4 is 39.5 Å². The van der Waals surface area contributed by atoms with Crippen molar-refractivity contribution < 1.29 is 23.9 Å². The Bertz CT molecular complexity index is 1060. The van der Waals surface area contributed by atoms with E-state index in [9.17, 15) is 14.4 Å². The minimum absolute atomic E-state index is 0.234. The summed E-state index contributed by atoms with van der Waals surface area (Å²) in [6.07, 6.45) is 2.43. The minimum atomic E-state index is -1.03. The number of halogens is 1. The minimum Gasteiger partial charge on any atom is -0.494 e. The zero-order chi connectivity index (χ0) is 21.5. The summed E-state index contributed by atoms with van der Waals surface area (Å²) in [6.45, 7) is 2.98. The Labute approximate surface area is 179 Å². The fraction of sp³-hybridized carbons (Fsp3) is 0.261. The van der Waals surface area contributed by atoms with E-state index in [1.807, 2.05) is 41.0 Å². The van der Waals surface area contributed by atoms with Gasteiger partial charge in [-0.3, -0.25) is 14.4 Å². The highest BCUT2D eigenvalue weighted by Gasteiger charge is 2.20. The number of carbonyl (C=O) groups is 3. The summed E-state index contributed by atoms with van der Waals surface area (Å²) >= 11 is 5.46. The molecular formula is C23H22ClNO5. The molecule has 0 unspecified atom stereocenters. The van der Waals surface area contributed by atoms with Gasteiger partial charge in [0.05, 0.1) is 18.8 Å². The number of Topliss-reactive ketones (excluding diaryl/α,β-unsaturated/α-hetero) is 1. The lowest BCUT2D eigenvalue weighted by Crippen LogP contribution is -2.07. The summed E-state index contributed by atoms with van der Waals surface area (Å²) in [5.74, 6) is -0.476. The van der Waals surface area contributed by atoms with Crippen LogP contribution < -0.4 is 4.74 Å². The summed E-state index contributed by atoms with van der Waals surface area (Å²) in [5.41, 5.74) is 2.08. The van der Waals surface area contributed by atoms with Crippen molar-refractivity contribution in [2.45, 2.75) is 26.3 Å². The maximum Gasteiger partial charge on any atom is 0.305 e. The van der Waals surface area contributed by atoms with Gasteiger partial charge in [0.15, 0.2) is 0 Å². The Morgan fingerprint density at radius 3 is 2.53 bits per heavy atom. The van der Waals surface area contributed by atoms with E-state index in [1.54, 1.807) is 25.3 Å². The number of aromatic nitrogens is 1. The van der Waals surface area contributed by atoms with Gasteiger partial charge >= 0.3 is 5.97 Å². The molecule has 0 bridgehead atoms. The quantitative estimate of drug-likeness (QED) is 0.158. The molecule has 0 aliphatic carbocycles. The molecule has 1 heterocycles. The maximum absolute atomic E-state index is 12.3. The van der Waals surface area contributed by atoms with Gasteiger partial charge in [-0.1, -0.05) is 30.3 Å². The third-order valence-corrected chi connectivity index (χ3v) is 4.74. The molecule has 0 fully saturated rings. The summed E-state index contributed by atoms with van der Waals surface area (Å²) in [4.78, 5) is 35.2. The number of fused-ring (bicyclic) bond motifs is 1. The molecule has 2 aromatic carbocycles. The number of esters is 1. The van der Waals surface area contributed by atoms with Crippen LogP contribution in [0.2, 0.25) is 0 Å². The predicted octanol–water partition coefficient (Wildman–Crippen LogP) is 4.36. The van der Waals surface area contributed by atoms with E-state index in [1.165, 1.54) is 0 Å². The first-order valence-electron chi connectivity index (χ1n) is 9.69. The lowest BCUT2D eigenvalue weighted by Gasteiger charge is -2.08. The van der Waals surface area contributed by atoms with Crippen LogP contribution in [0.3, 0.4) is 0 Å². The van der Waals surface area contributed by atoms with Gasteiger partial charge in [0.2, 0.25) is 5.78 Å². The Balaban J connectivity index is 1.83. The Hall–Kier alpha value is -3.12. The van der Waals surface area contributed by atoms with E-state index in [4.69, 9.17) is 21.1 Å². The Morgan fingerprint density at radius 2 is 1.83 bits per heavy atom. The lowest BCUT2D eigenvalue weighted by atomic mass is 10.1. The number of benzene rings is 2. The van der Waals surface area contributed by atoms with E-state index >= 15 is 0 Å². The fourth-order valence-electron chi connectivity index (χ4n) is 3.20. The van der Waals surface area contributed by atoms with Crippen molar-refractivity contribution in [2.75, 3.05) is 13.2 Å². The molecule has 0 radical (unpaired) electrons. The number of nitrogens with zero attached hydrogens (tertiary/aromatic N) is 1. The first-order chi connectivity index (χ1) is 14.5. The predicted molar refractivity (Wildman–Crippen MR) is 114 cm³/mol. The van der Waals surface area contributed by atoms with Crippen molar-refractivity contribution in [2.24, 2.45) is 0 Å². The Kier molecular flexibility index (Phi) is 7.25. The molecule has 0 saturated carbocycles. The van der Waals surface area contributed by atoms with Crippen LogP contribution in [0.25, 0.3) is 10.9 Å². The summed E-state index contributed by atoms with van der Waals surface area (Å²) < 4.78 is 12.5. The van der Waals surface area contributed by atoms with Gasteiger partial charge in [-0.15, -0.1) is 0 Å². The summed E-state index contributed by atoms with van der Waals surface area (Å²) in [7, 11) is 0. The van der Waals surface area contributed by atoms with Gasteiger partial charge in [-0.2, -0.15) is 0 Å². The second kappa shape index (κ2) is 10.1. The van der Waals surface area contributed by atoms with Gasteiger partial charge in [0.25, 0.3) is 5.24 Å². The van der Waals surface area contributed by atoms with Crippen LogP contribution in [0.4, 0.5) is 0 Å². The molecule has 0 aliphatic heterocycles. The summed E-state index contributed by atoms with van der Waals surface area (Å²) in [5, 5.41) is -0.442. The second-order valence-corrected chi connectivity index (χ2v) is 7.04. The van der Waals surface area contributed by atoms with Gasteiger partial charge in [0, 0.05) is 30.1 Å². The fourth-order valence-corrected chi connectivity index (χ4v) is 3.31. The number of hydrogen-bond acceptors (Lipinski definition) is 5. The van der Waals surface area contributed by atoms with E-state index in [2.05, 4.69) is 0 Å². The third kappa shape index (κ3) is 5.27. The molecule has 0 N–H and O–H groups in total. The molecule has 1 aromatic heterocycles. The smallest absolute Gasteiger partial charge is 0.305 e. The topological polar surface area (TPSA) is 74.6 Å².